The maximum atomic E-state index is 12.9. The van der Waals surface area contributed by atoms with E-state index in [1.165, 1.54) is 10.5 Å². The van der Waals surface area contributed by atoms with Crippen LogP contribution in [0, 0.1) is 10.8 Å². The van der Waals surface area contributed by atoms with Crippen LogP contribution in [0.1, 0.15) is 74.1 Å². The second-order valence-corrected chi connectivity index (χ2v) is 9.97. The van der Waals surface area contributed by atoms with Crippen molar-refractivity contribution >= 4 is 18.3 Å². The lowest BCUT2D eigenvalue weighted by Gasteiger charge is -2.34. The fourth-order valence-corrected chi connectivity index (χ4v) is 3.29. The largest absolute Gasteiger partial charge is 0.449 e. The Hall–Kier alpha value is -2.37. The molecule has 0 aromatic rings. The number of carbonyl (C=O) groups excluding carboxylic acids is 3. The second kappa shape index (κ2) is 13.9. The first-order valence-electron chi connectivity index (χ1n) is 11.5. The molecule has 0 heterocycles. The lowest BCUT2D eigenvalue weighted by atomic mass is 9.85. The van der Waals surface area contributed by atoms with Crippen molar-refractivity contribution < 1.29 is 19.1 Å². The van der Waals surface area contributed by atoms with Crippen molar-refractivity contribution in [3.63, 3.8) is 0 Å². The minimum Gasteiger partial charge on any atom is -0.449 e. The number of ether oxygens (including phenoxy) is 1. The van der Waals surface area contributed by atoms with Crippen LogP contribution in [0.4, 0.5) is 4.79 Å². The minimum atomic E-state index is -0.787. The Labute approximate surface area is 195 Å². The highest BCUT2D eigenvalue weighted by molar-refractivity contribution is 5.87. The van der Waals surface area contributed by atoms with Crippen LogP contribution in [-0.4, -0.2) is 48.9 Å². The Morgan fingerprint density at radius 3 is 2.25 bits per heavy atom. The summed E-state index contributed by atoms with van der Waals surface area (Å²) in [5.41, 5.74) is 1.58. The molecule has 0 bridgehead atoms. The van der Waals surface area contributed by atoms with Gasteiger partial charge in [0.05, 0.1) is 13.2 Å². The van der Waals surface area contributed by atoms with Crippen LogP contribution >= 0.6 is 0 Å². The smallest absolute Gasteiger partial charge is 0.407 e. The first-order chi connectivity index (χ1) is 14.8. The van der Waals surface area contributed by atoms with E-state index in [9.17, 15) is 14.4 Å². The fourth-order valence-electron chi connectivity index (χ4n) is 3.29. The number of alkyl carbamates (subject to hydrolysis) is 1. The average molecular weight is 449 g/mol. The molecular weight excluding hydrogens is 404 g/mol. The Morgan fingerprint density at radius 2 is 1.78 bits per heavy atom. The third-order valence-corrected chi connectivity index (χ3v) is 5.46. The van der Waals surface area contributed by atoms with Gasteiger partial charge in [-0.1, -0.05) is 72.4 Å². The van der Waals surface area contributed by atoms with Crippen LogP contribution < -0.4 is 5.32 Å². The van der Waals surface area contributed by atoms with Gasteiger partial charge in [-0.25, -0.2) is 4.79 Å². The molecule has 0 fully saturated rings. The molecule has 0 spiro atoms. The molecule has 0 saturated carbocycles. The topological polar surface area (TPSA) is 75.7 Å². The predicted molar refractivity (Wildman–Crippen MR) is 131 cm³/mol. The number of hydrogen-bond acceptors (Lipinski definition) is 4. The Bertz CT molecular complexity index is 686. The number of hydrogen-bond donors (Lipinski definition) is 1. The molecular formula is C26H44N2O4. The highest BCUT2D eigenvalue weighted by Gasteiger charge is 2.36. The molecule has 6 nitrogen and oxygen atoms in total. The average Bonchev–Trinajstić information content (AvgIpc) is 2.71. The molecule has 1 unspecified atom stereocenters. The van der Waals surface area contributed by atoms with Crippen molar-refractivity contribution in [3.05, 3.63) is 36.5 Å². The highest BCUT2D eigenvalue weighted by Crippen LogP contribution is 2.27. The lowest BCUT2D eigenvalue weighted by Crippen LogP contribution is -2.55. The van der Waals surface area contributed by atoms with E-state index in [0.29, 0.717) is 12.8 Å². The summed E-state index contributed by atoms with van der Waals surface area (Å²) < 4.78 is 5.49. The molecule has 0 aliphatic rings. The number of allylic oxidation sites excluding steroid dienone is 4. The number of likely N-dealkylation sites (N-methyl/N-ethyl adjacent to an activating group) is 1. The van der Waals surface area contributed by atoms with Crippen molar-refractivity contribution in [2.45, 2.75) is 80.2 Å². The Balaban J connectivity index is 4.92. The number of rotatable bonds is 14. The van der Waals surface area contributed by atoms with E-state index < -0.39 is 17.6 Å². The zero-order valence-corrected chi connectivity index (χ0v) is 21.3. The predicted octanol–water partition coefficient (Wildman–Crippen LogP) is 5.45. The summed E-state index contributed by atoms with van der Waals surface area (Å²) in [5, 5.41) is 2.72. The molecule has 1 atom stereocenters. The van der Waals surface area contributed by atoms with E-state index in [1.807, 2.05) is 26.8 Å². The molecule has 2 amide bonds. The van der Waals surface area contributed by atoms with Gasteiger partial charge in [0.25, 0.3) is 0 Å². The van der Waals surface area contributed by atoms with E-state index in [4.69, 9.17) is 4.74 Å². The number of amides is 2. The zero-order valence-electron chi connectivity index (χ0n) is 21.3. The SMILES string of the molecule is C=CC=C(CCCC(C)(C)COC(=O)NC(C(=O)N(CC)CC=O)C(C)(C)C)C(=C)CC. The monoisotopic (exact) mass is 448 g/mol. The standard InChI is InChI=1S/C26H44N2O4/c1-10-14-21(20(4)11-2)15-13-16-26(8,9)19-32-24(31)27-22(25(5,6)7)23(30)28(12-3)17-18-29/h10,14,18,22H,1,4,11-13,15-17,19H2,2-3,5-9H3,(H,27,31). The molecule has 6 heteroatoms. The maximum absolute atomic E-state index is 12.9. The molecule has 32 heavy (non-hydrogen) atoms. The number of nitrogens with one attached hydrogen (secondary N) is 1. The summed E-state index contributed by atoms with van der Waals surface area (Å²) in [7, 11) is 0. The van der Waals surface area contributed by atoms with Crippen LogP contribution in [0.2, 0.25) is 0 Å². The quantitative estimate of drug-likeness (QED) is 0.283. The Kier molecular flexibility index (Phi) is 12.9. The molecule has 0 aromatic carbocycles. The minimum absolute atomic E-state index is 0.00157. The van der Waals surface area contributed by atoms with Crippen LogP contribution in [0.3, 0.4) is 0 Å². The second-order valence-electron chi connectivity index (χ2n) is 9.97. The maximum Gasteiger partial charge on any atom is 0.407 e. The van der Waals surface area contributed by atoms with Gasteiger partial charge in [0.2, 0.25) is 5.91 Å². The van der Waals surface area contributed by atoms with E-state index in [1.54, 1.807) is 13.0 Å². The summed E-state index contributed by atoms with van der Waals surface area (Å²) in [6.07, 6.45) is 7.48. The van der Waals surface area contributed by atoms with Gasteiger partial charge >= 0.3 is 6.09 Å². The van der Waals surface area contributed by atoms with Crippen molar-refractivity contribution in [2.24, 2.45) is 10.8 Å². The summed E-state index contributed by atoms with van der Waals surface area (Å²) in [4.78, 5) is 37.7. The van der Waals surface area contributed by atoms with Crippen molar-refractivity contribution in [1.82, 2.24) is 10.2 Å². The number of aldehydes is 1. The van der Waals surface area contributed by atoms with Gasteiger partial charge in [-0.15, -0.1) is 0 Å². The number of nitrogens with zero attached hydrogens (tertiary/aromatic N) is 1. The zero-order chi connectivity index (χ0) is 24.9. The summed E-state index contributed by atoms with van der Waals surface area (Å²) >= 11 is 0. The van der Waals surface area contributed by atoms with Gasteiger partial charge in [-0.2, -0.15) is 0 Å². The third-order valence-electron chi connectivity index (χ3n) is 5.46. The van der Waals surface area contributed by atoms with Gasteiger partial charge < -0.3 is 19.7 Å². The number of carbonyl (C=O) groups is 3. The van der Waals surface area contributed by atoms with Gasteiger partial charge in [-0.05, 0) is 49.0 Å². The molecule has 0 aliphatic heterocycles. The first kappa shape index (κ1) is 29.6. The van der Waals surface area contributed by atoms with Crippen molar-refractivity contribution in [3.8, 4) is 0 Å². The molecule has 0 rings (SSSR count). The van der Waals surface area contributed by atoms with Crippen LogP contribution in [0.25, 0.3) is 0 Å². The highest BCUT2D eigenvalue weighted by atomic mass is 16.5. The van der Waals surface area contributed by atoms with E-state index in [2.05, 4.69) is 39.2 Å². The van der Waals surface area contributed by atoms with Gasteiger partial charge in [0.15, 0.2) is 0 Å². The summed E-state index contributed by atoms with van der Waals surface area (Å²) in [6, 6.07) is -0.787. The summed E-state index contributed by atoms with van der Waals surface area (Å²) in [5.74, 6) is -0.291. The van der Waals surface area contributed by atoms with E-state index in [0.717, 1.165) is 31.3 Å². The lowest BCUT2D eigenvalue weighted by molar-refractivity contribution is -0.137. The van der Waals surface area contributed by atoms with Gasteiger partial charge in [0.1, 0.15) is 12.3 Å². The molecule has 1 N–H and O–H groups in total. The molecule has 0 aliphatic carbocycles. The molecule has 182 valence electrons. The molecule has 0 aromatic heterocycles. The summed E-state index contributed by atoms with van der Waals surface area (Å²) in [6.45, 7) is 22.1. The van der Waals surface area contributed by atoms with E-state index >= 15 is 0 Å². The van der Waals surface area contributed by atoms with Gasteiger partial charge in [0, 0.05) is 6.54 Å². The third kappa shape index (κ3) is 10.8. The van der Waals surface area contributed by atoms with Gasteiger partial charge in [-0.3, -0.25) is 4.79 Å². The van der Waals surface area contributed by atoms with Crippen LogP contribution in [0.15, 0.2) is 36.5 Å². The normalized spacial score (nSPS) is 13.2. The Morgan fingerprint density at radius 1 is 1.16 bits per heavy atom. The van der Waals surface area contributed by atoms with Crippen LogP contribution in [-0.2, 0) is 14.3 Å². The molecule has 0 radical (unpaired) electrons. The first-order valence-corrected chi connectivity index (χ1v) is 11.5. The van der Waals surface area contributed by atoms with Crippen molar-refractivity contribution in [2.75, 3.05) is 19.7 Å². The molecule has 0 saturated heterocycles. The fraction of sp³-hybridized carbons (Fsp3) is 0.654. The van der Waals surface area contributed by atoms with Crippen LogP contribution in [0.5, 0.6) is 0 Å². The van der Waals surface area contributed by atoms with Crippen molar-refractivity contribution in [1.29, 1.82) is 0 Å². The van der Waals surface area contributed by atoms with E-state index in [-0.39, 0.29) is 24.5 Å².